The van der Waals surface area contributed by atoms with E-state index in [9.17, 15) is 0 Å². The van der Waals surface area contributed by atoms with Crippen molar-refractivity contribution < 1.29 is 0 Å². The second-order valence-corrected chi connectivity index (χ2v) is 4.18. The third-order valence-corrected chi connectivity index (χ3v) is 2.90. The van der Waals surface area contributed by atoms with Gasteiger partial charge in [0, 0.05) is 13.2 Å². The Bertz CT molecular complexity index is 600. The lowest BCUT2D eigenvalue weighted by Gasteiger charge is -2.10. The minimum atomic E-state index is 0.815. The highest BCUT2D eigenvalue weighted by atomic mass is 15.8. The summed E-state index contributed by atoms with van der Waals surface area (Å²) in [6, 6.07) is 8.14. The van der Waals surface area contributed by atoms with Crippen LogP contribution in [0.2, 0.25) is 0 Å². The first kappa shape index (κ1) is 10.8. The summed E-state index contributed by atoms with van der Waals surface area (Å²) in [5.41, 5.74) is 8.80. The maximum Gasteiger partial charge on any atom is 0.175 e. The van der Waals surface area contributed by atoms with Gasteiger partial charge in [0.15, 0.2) is 5.84 Å². The monoisotopic (exact) mass is 242 g/mol. The Morgan fingerprint density at radius 2 is 2.06 bits per heavy atom. The molecule has 1 aliphatic rings. The van der Waals surface area contributed by atoms with Crippen molar-refractivity contribution in [3.63, 3.8) is 0 Å². The first-order valence-electron chi connectivity index (χ1n) is 5.69. The molecule has 0 radical (unpaired) electrons. The predicted molar refractivity (Wildman–Crippen MR) is 68.9 cm³/mol. The summed E-state index contributed by atoms with van der Waals surface area (Å²) in [6.45, 7) is 2.07. The lowest BCUT2D eigenvalue weighted by atomic mass is 10.2. The standard InChI is InChI=1S/C12H14N6/c1-9-5-3-4-6-11(9)18-8-10(7-13-18)12-14-15-16-17(12)2/h3-8,15-16H,1-2H3. The first-order chi connectivity index (χ1) is 8.75. The molecule has 0 aliphatic carbocycles. The number of benzene rings is 1. The van der Waals surface area contributed by atoms with Crippen LogP contribution in [-0.2, 0) is 0 Å². The maximum absolute atomic E-state index is 4.38. The molecule has 1 aliphatic heterocycles. The summed E-state index contributed by atoms with van der Waals surface area (Å²) in [5.74, 6) is 0.815. The zero-order valence-electron chi connectivity index (χ0n) is 10.3. The molecular formula is C12H14N6. The van der Waals surface area contributed by atoms with Gasteiger partial charge in [-0.05, 0) is 18.6 Å². The van der Waals surface area contributed by atoms with Crippen molar-refractivity contribution in [3.8, 4) is 5.69 Å². The van der Waals surface area contributed by atoms with Gasteiger partial charge >= 0.3 is 0 Å². The third-order valence-electron chi connectivity index (χ3n) is 2.90. The topological polar surface area (TPSA) is 57.5 Å². The number of aromatic nitrogens is 2. The van der Waals surface area contributed by atoms with Gasteiger partial charge in [0.05, 0.1) is 17.4 Å². The van der Waals surface area contributed by atoms with Gasteiger partial charge in [-0.1, -0.05) is 18.2 Å². The van der Waals surface area contributed by atoms with Gasteiger partial charge < -0.3 is 0 Å². The second kappa shape index (κ2) is 4.15. The summed E-state index contributed by atoms with van der Waals surface area (Å²) >= 11 is 0. The van der Waals surface area contributed by atoms with Crippen molar-refractivity contribution in [3.05, 3.63) is 47.8 Å². The van der Waals surface area contributed by atoms with E-state index in [0.29, 0.717) is 0 Å². The van der Waals surface area contributed by atoms with E-state index in [1.54, 1.807) is 11.2 Å². The molecule has 0 spiro atoms. The largest absolute Gasteiger partial charge is 0.274 e. The first-order valence-corrected chi connectivity index (χ1v) is 5.69. The SMILES string of the molecule is Cc1ccccc1-n1cc(C2=NNNN2C)cn1. The molecule has 3 rings (SSSR count). The van der Waals surface area contributed by atoms with Crippen LogP contribution in [0.15, 0.2) is 41.8 Å². The number of amidine groups is 1. The summed E-state index contributed by atoms with van der Waals surface area (Å²) < 4.78 is 1.86. The number of hydrogen-bond acceptors (Lipinski definition) is 5. The number of aryl methyl sites for hydroxylation is 1. The van der Waals surface area contributed by atoms with E-state index < -0.39 is 0 Å². The van der Waals surface area contributed by atoms with Crippen LogP contribution in [0.3, 0.4) is 0 Å². The van der Waals surface area contributed by atoms with Crippen molar-refractivity contribution in [2.45, 2.75) is 6.92 Å². The zero-order valence-corrected chi connectivity index (χ0v) is 10.3. The highest BCUT2D eigenvalue weighted by Gasteiger charge is 2.16. The van der Waals surface area contributed by atoms with Crippen LogP contribution in [0.5, 0.6) is 0 Å². The lowest BCUT2D eigenvalue weighted by molar-refractivity contribution is 0.349. The molecule has 0 fully saturated rings. The minimum Gasteiger partial charge on any atom is -0.274 e. The Balaban J connectivity index is 1.97. The summed E-state index contributed by atoms with van der Waals surface area (Å²) in [4.78, 5) is 0. The molecule has 2 aromatic rings. The molecule has 0 unspecified atom stereocenters. The van der Waals surface area contributed by atoms with Crippen molar-refractivity contribution in [1.29, 1.82) is 0 Å². The molecule has 0 amide bonds. The smallest absolute Gasteiger partial charge is 0.175 e. The molecule has 2 N–H and O–H groups in total. The molecule has 1 aromatic carbocycles. The Morgan fingerprint density at radius 1 is 1.22 bits per heavy atom. The van der Waals surface area contributed by atoms with Gasteiger partial charge in [0.25, 0.3) is 0 Å². The number of nitrogens with one attached hydrogen (secondary N) is 2. The highest BCUT2D eigenvalue weighted by Crippen LogP contribution is 2.14. The molecule has 0 saturated carbocycles. The average Bonchev–Trinajstić information content (AvgIpc) is 2.98. The van der Waals surface area contributed by atoms with Crippen LogP contribution in [0.25, 0.3) is 5.69 Å². The van der Waals surface area contributed by atoms with Crippen molar-refractivity contribution >= 4 is 5.84 Å². The molecule has 6 heteroatoms. The van der Waals surface area contributed by atoms with Crippen LogP contribution in [0, 0.1) is 6.92 Å². The van der Waals surface area contributed by atoms with Crippen molar-refractivity contribution in [1.82, 2.24) is 25.9 Å². The van der Waals surface area contributed by atoms with Crippen LogP contribution < -0.4 is 11.1 Å². The van der Waals surface area contributed by atoms with Gasteiger partial charge in [-0.3, -0.25) is 5.01 Å². The highest BCUT2D eigenvalue weighted by molar-refractivity contribution is 5.98. The van der Waals surface area contributed by atoms with E-state index in [0.717, 1.165) is 17.1 Å². The van der Waals surface area contributed by atoms with Crippen molar-refractivity contribution in [2.24, 2.45) is 5.10 Å². The van der Waals surface area contributed by atoms with Crippen LogP contribution in [-0.4, -0.2) is 27.7 Å². The van der Waals surface area contributed by atoms with E-state index in [1.807, 2.05) is 36.1 Å². The molecule has 92 valence electrons. The van der Waals surface area contributed by atoms with Gasteiger partial charge in [-0.25, -0.2) is 10.2 Å². The summed E-state index contributed by atoms with van der Waals surface area (Å²) in [5, 5.41) is 10.3. The van der Waals surface area contributed by atoms with E-state index in [-0.39, 0.29) is 0 Å². The van der Waals surface area contributed by atoms with Gasteiger partial charge in [-0.15, -0.1) is 10.6 Å². The quantitative estimate of drug-likeness (QED) is 0.817. The van der Waals surface area contributed by atoms with Gasteiger partial charge in [-0.2, -0.15) is 5.10 Å². The normalized spacial score (nSPS) is 14.6. The zero-order chi connectivity index (χ0) is 12.5. The Hall–Kier alpha value is -2.34. The fourth-order valence-corrected chi connectivity index (χ4v) is 1.93. The van der Waals surface area contributed by atoms with Crippen molar-refractivity contribution in [2.75, 3.05) is 7.05 Å². The maximum atomic E-state index is 4.38. The van der Waals surface area contributed by atoms with Crippen LogP contribution in [0.4, 0.5) is 0 Å². The number of nitrogens with zero attached hydrogens (tertiary/aromatic N) is 4. The lowest BCUT2D eigenvalue weighted by Crippen LogP contribution is -2.37. The number of hydrazine groups is 2. The average molecular weight is 242 g/mol. The predicted octanol–water partition coefficient (Wildman–Crippen LogP) is 0.797. The molecular weight excluding hydrogens is 228 g/mol. The van der Waals surface area contributed by atoms with Crippen LogP contribution in [0.1, 0.15) is 11.1 Å². The Labute approximate surface area is 105 Å². The summed E-state index contributed by atoms with van der Waals surface area (Å²) in [6.07, 6.45) is 3.77. The number of hydrogen-bond donors (Lipinski definition) is 2. The molecule has 6 nitrogen and oxygen atoms in total. The van der Waals surface area contributed by atoms with E-state index >= 15 is 0 Å². The molecule has 2 heterocycles. The fraction of sp³-hybridized carbons (Fsp3) is 0.167. The number of rotatable bonds is 2. The second-order valence-electron chi connectivity index (χ2n) is 4.18. The van der Waals surface area contributed by atoms with E-state index in [1.165, 1.54) is 5.56 Å². The molecule has 0 bridgehead atoms. The van der Waals surface area contributed by atoms with E-state index in [4.69, 9.17) is 0 Å². The van der Waals surface area contributed by atoms with E-state index in [2.05, 4.69) is 34.3 Å². The molecule has 18 heavy (non-hydrogen) atoms. The molecule has 1 aromatic heterocycles. The molecule has 0 atom stereocenters. The molecule has 0 saturated heterocycles. The van der Waals surface area contributed by atoms with Gasteiger partial charge in [0.1, 0.15) is 0 Å². The minimum absolute atomic E-state index is 0.815. The fourth-order valence-electron chi connectivity index (χ4n) is 1.93. The Morgan fingerprint density at radius 3 is 2.78 bits per heavy atom. The summed E-state index contributed by atoms with van der Waals surface area (Å²) in [7, 11) is 1.89. The third kappa shape index (κ3) is 1.72. The Kier molecular flexibility index (Phi) is 2.49. The number of hydrazone groups is 1. The van der Waals surface area contributed by atoms with Gasteiger partial charge in [0.2, 0.25) is 0 Å². The van der Waals surface area contributed by atoms with Crippen LogP contribution >= 0.6 is 0 Å². The number of para-hydroxylation sites is 1.